The molecule has 0 bridgehead atoms. The maximum Gasteiger partial charge on any atom is 0.193 e. The smallest absolute Gasteiger partial charge is 0.193 e. The predicted octanol–water partition coefficient (Wildman–Crippen LogP) is 3.47. The summed E-state index contributed by atoms with van der Waals surface area (Å²) in [6.07, 6.45) is 9.00. The van der Waals surface area contributed by atoms with Crippen LogP contribution in [0.25, 0.3) is 0 Å². The van der Waals surface area contributed by atoms with E-state index in [1.165, 1.54) is 6.42 Å². The van der Waals surface area contributed by atoms with Gasteiger partial charge in [-0.1, -0.05) is 19.4 Å². The molecule has 21 heavy (non-hydrogen) atoms. The summed E-state index contributed by atoms with van der Waals surface area (Å²) >= 11 is 0. The van der Waals surface area contributed by atoms with Crippen molar-refractivity contribution < 1.29 is 4.42 Å². The van der Waals surface area contributed by atoms with E-state index in [0.29, 0.717) is 0 Å². The van der Waals surface area contributed by atoms with E-state index < -0.39 is 0 Å². The van der Waals surface area contributed by atoms with Gasteiger partial charge in [0.25, 0.3) is 0 Å². The molecule has 1 aromatic heterocycles. The van der Waals surface area contributed by atoms with Crippen molar-refractivity contribution >= 4 is 5.96 Å². The first kappa shape index (κ1) is 17.3. The summed E-state index contributed by atoms with van der Waals surface area (Å²) in [5, 5.41) is 3.43. The SMILES string of the molecule is C=CCCCN(C)C(=NCCCC)NCCc1ccco1. The normalized spacial score (nSPS) is 11.4. The standard InChI is InChI=1S/C17H29N3O/c1-4-6-8-14-20(3)17(18-12-7-5-2)19-13-11-16-10-9-15-21-16/h4,9-10,15H,1,5-8,11-14H2,2-3H3,(H,18,19). The minimum atomic E-state index is 0.838. The van der Waals surface area contributed by atoms with E-state index in [1.807, 2.05) is 18.2 Å². The molecule has 1 rings (SSSR count). The van der Waals surface area contributed by atoms with Crippen molar-refractivity contribution in [3.8, 4) is 0 Å². The zero-order valence-corrected chi connectivity index (χ0v) is 13.5. The van der Waals surface area contributed by atoms with Crippen LogP contribution in [0.4, 0.5) is 0 Å². The van der Waals surface area contributed by atoms with Crippen LogP contribution in [0.3, 0.4) is 0 Å². The van der Waals surface area contributed by atoms with Crippen LogP contribution in [0, 0.1) is 0 Å². The van der Waals surface area contributed by atoms with Gasteiger partial charge in [0, 0.05) is 33.1 Å². The van der Waals surface area contributed by atoms with E-state index in [0.717, 1.165) is 57.0 Å². The fourth-order valence-corrected chi connectivity index (χ4v) is 1.99. The predicted molar refractivity (Wildman–Crippen MR) is 89.7 cm³/mol. The molecule has 118 valence electrons. The molecular weight excluding hydrogens is 262 g/mol. The maximum atomic E-state index is 5.35. The van der Waals surface area contributed by atoms with Gasteiger partial charge in [0.1, 0.15) is 5.76 Å². The lowest BCUT2D eigenvalue weighted by molar-refractivity contribution is 0.462. The molecule has 0 aliphatic heterocycles. The van der Waals surface area contributed by atoms with Crippen LogP contribution in [0.15, 0.2) is 40.5 Å². The Bertz CT molecular complexity index is 398. The first-order valence-electron chi connectivity index (χ1n) is 7.90. The highest BCUT2D eigenvalue weighted by molar-refractivity contribution is 5.79. The van der Waals surface area contributed by atoms with Crippen molar-refractivity contribution in [2.45, 2.75) is 39.0 Å². The molecule has 0 aliphatic rings. The highest BCUT2D eigenvalue weighted by Crippen LogP contribution is 2.00. The van der Waals surface area contributed by atoms with Crippen molar-refractivity contribution in [2.24, 2.45) is 4.99 Å². The Morgan fingerprint density at radius 2 is 2.33 bits per heavy atom. The van der Waals surface area contributed by atoms with Crippen LogP contribution >= 0.6 is 0 Å². The molecule has 0 atom stereocenters. The fourth-order valence-electron chi connectivity index (χ4n) is 1.99. The zero-order chi connectivity index (χ0) is 15.3. The van der Waals surface area contributed by atoms with Crippen LogP contribution in [0.1, 0.15) is 38.4 Å². The molecule has 4 nitrogen and oxygen atoms in total. The first-order valence-corrected chi connectivity index (χ1v) is 7.90. The summed E-state index contributed by atoms with van der Waals surface area (Å²) < 4.78 is 5.35. The number of hydrogen-bond donors (Lipinski definition) is 1. The Kier molecular flexibility index (Phi) is 9.09. The molecule has 0 unspecified atom stereocenters. The van der Waals surface area contributed by atoms with Gasteiger partial charge < -0.3 is 14.6 Å². The Hall–Kier alpha value is -1.71. The largest absolute Gasteiger partial charge is 0.469 e. The Morgan fingerprint density at radius 3 is 3.00 bits per heavy atom. The molecular formula is C17H29N3O. The first-order chi connectivity index (χ1) is 10.3. The average molecular weight is 291 g/mol. The minimum absolute atomic E-state index is 0.838. The lowest BCUT2D eigenvalue weighted by Gasteiger charge is -2.22. The molecule has 1 aromatic rings. The summed E-state index contributed by atoms with van der Waals surface area (Å²) in [6, 6.07) is 3.93. The highest BCUT2D eigenvalue weighted by atomic mass is 16.3. The third kappa shape index (κ3) is 7.59. The van der Waals surface area contributed by atoms with Crippen LogP contribution in [0.2, 0.25) is 0 Å². The fraction of sp³-hybridized carbons (Fsp3) is 0.588. The van der Waals surface area contributed by atoms with Gasteiger partial charge in [0.2, 0.25) is 0 Å². The van der Waals surface area contributed by atoms with Crippen LogP contribution in [0.5, 0.6) is 0 Å². The molecule has 0 amide bonds. The van der Waals surface area contributed by atoms with Gasteiger partial charge >= 0.3 is 0 Å². The van der Waals surface area contributed by atoms with E-state index >= 15 is 0 Å². The topological polar surface area (TPSA) is 40.8 Å². The van der Waals surface area contributed by atoms with Crippen molar-refractivity contribution in [2.75, 3.05) is 26.7 Å². The van der Waals surface area contributed by atoms with Gasteiger partial charge in [-0.3, -0.25) is 4.99 Å². The van der Waals surface area contributed by atoms with Gasteiger partial charge in [-0.05, 0) is 31.4 Å². The quantitative estimate of drug-likeness (QED) is 0.310. The molecule has 0 aliphatic carbocycles. The van der Waals surface area contributed by atoms with E-state index in [-0.39, 0.29) is 0 Å². The number of aliphatic imine (C=N–C) groups is 1. The lowest BCUT2D eigenvalue weighted by atomic mass is 10.3. The number of nitrogens with zero attached hydrogens (tertiary/aromatic N) is 2. The van der Waals surface area contributed by atoms with Gasteiger partial charge in [-0.15, -0.1) is 6.58 Å². The van der Waals surface area contributed by atoms with Gasteiger partial charge in [-0.25, -0.2) is 0 Å². The lowest BCUT2D eigenvalue weighted by Crippen LogP contribution is -2.40. The number of rotatable bonds is 10. The number of unbranched alkanes of at least 4 members (excludes halogenated alkanes) is 2. The summed E-state index contributed by atoms with van der Waals surface area (Å²) in [5.74, 6) is 1.99. The molecule has 0 saturated heterocycles. The summed E-state index contributed by atoms with van der Waals surface area (Å²) in [7, 11) is 2.09. The number of allylic oxidation sites excluding steroid dienone is 1. The highest BCUT2D eigenvalue weighted by Gasteiger charge is 2.06. The minimum Gasteiger partial charge on any atom is -0.469 e. The molecule has 0 aromatic carbocycles. The van der Waals surface area contributed by atoms with Crippen molar-refractivity contribution in [1.82, 2.24) is 10.2 Å². The zero-order valence-electron chi connectivity index (χ0n) is 13.5. The second-order valence-corrected chi connectivity index (χ2v) is 5.17. The van der Waals surface area contributed by atoms with Gasteiger partial charge in [-0.2, -0.15) is 0 Å². The van der Waals surface area contributed by atoms with E-state index in [1.54, 1.807) is 6.26 Å². The van der Waals surface area contributed by atoms with Crippen molar-refractivity contribution in [3.05, 3.63) is 36.8 Å². The van der Waals surface area contributed by atoms with Crippen molar-refractivity contribution in [3.63, 3.8) is 0 Å². The molecule has 0 fully saturated rings. The molecule has 1 heterocycles. The monoisotopic (exact) mass is 291 g/mol. The number of nitrogens with one attached hydrogen (secondary N) is 1. The molecule has 0 spiro atoms. The number of hydrogen-bond acceptors (Lipinski definition) is 2. The van der Waals surface area contributed by atoms with Crippen molar-refractivity contribution in [1.29, 1.82) is 0 Å². The molecule has 1 N–H and O–H groups in total. The second-order valence-electron chi connectivity index (χ2n) is 5.17. The third-order valence-electron chi connectivity index (χ3n) is 3.27. The number of furan rings is 1. The van der Waals surface area contributed by atoms with Crippen LogP contribution < -0.4 is 5.32 Å². The van der Waals surface area contributed by atoms with Gasteiger partial charge in [0.05, 0.1) is 6.26 Å². The van der Waals surface area contributed by atoms with Gasteiger partial charge in [0.15, 0.2) is 5.96 Å². The Balaban J connectivity index is 2.42. The van der Waals surface area contributed by atoms with E-state index in [9.17, 15) is 0 Å². The average Bonchev–Trinajstić information content (AvgIpc) is 2.99. The van der Waals surface area contributed by atoms with Crippen LogP contribution in [-0.2, 0) is 6.42 Å². The molecule has 4 heteroatoms. The third-order valence-corrected chi connectivity index (χ3v) is 3.27. The summed E-state index contributed by atoms with van der Waals surface area (Å²) in [4.78, 5) is 6.88. The summed E-state index contributed by atoms with van der Waals surface area (Å²) in [5.41, 5.74) is 0. The summed E-state index contributed by atoms with van der Waals surface area (Å²) in [6.45, 7) is 8.66. The Labute approximate surface area is 128 Å². The number of guanidine groups is 1. The maximum absolute atomic E-state index is 5.35. The molecule has 0 saturated carbocycles. The van der Waals surface area contributed by atoms with Crippen LogP contribution in [-0.4, -0.2) is 37.5 Å². The second kappa shape index (κ2) is 11.0. The molecule has 0 radical (unpaired) electrons. The van der Waals surface area contributed by atoms with E-state index in [4.69, 9.17) is 4.42 Å². The van der Waals surface area contributed by atoms with E-state index in [2.05, 4.69) is 35.8 Å². The Morgan fingerprint density at radius 1 is 1.48 bits per heavy atom.